The van der Waals surface area contributed by atoms with Crippen molar-refractivity contribution in [3.63, 3.8) is 0 Å². The molecular formula is C21H28N4O2S. The van der Waals surface area contributed by atoms with Crippen LogP contribution in [-0.4, -0.2) is 49.5 Å². The van der Waals surface area contributed by atoms with Gasteiger partial charge in [-0.15, -0.1) is 0 Å². The van der Waals surface area contributed by atoms with E-state index < -0.39 is 10.8 Å². The van der Waals surface area contributed by atoms with Gasteiger partial charge in [0.2, 0.25) is 5.91 Å². The van der Waals surface area contributed by atoms with Crippen LogP contribution in [0.5, 0.6) is 0 Å². The Morgan fingerprint density at radius 3 is 2.68 bits per heavy atom. The first-order valence-corrected chi connectivity index (χ1v) is 11.5. The van der Waals surface area contributed by atoms with E-state index in [4.69, 9.17) is 0 Å². The fraction of sp³-hybridized carbons (Fsp3) is 0.524. The molecule has 1 aromatic heterocycles. The Morgan fingerprint density at radius 2 is 2.04 bits per heavy atom. The number of carbonyl (C=O) groups is 1. The van der Waals surface area contributed by atoms with Gasteiger partial charge in [-0.3, -0.25) is 9.00 Å². The van der Waals surface area contributed by atoms with Crippen molar-refractivity contribution in [2.75, 3.05) is 17.7 Å². The van der Waals surface area contributed by atoms with Gasteiger partial charge < -0.3 is 10.2 Å². The number of amides is 1. The summed E-state index contributed by atoms with van der Waals surface area (Å²) in [6.07, 6.45) is 4.40. The molecule has 0 radical (unpaired) electrons. The summed E-state index contributed by atoms with van der Waals surface area (Å²) < 4.78 is 14.2. The van der Waals surface area contributed by atoms with Crippen molar-refractivity contribution < 1.29 is 9.00 Å². The topological polar surface area (TPSA) is 67.2 Å². The third-order valence-electron chi connectivity index (χ3n) is 5.81. The first-order chi connectivity index (χ1) is 13.3. The van der Waals surface area contributed by atoms with Gasteiger partial charge in [0, 0.05) is 35.2 Å². The smallest absolute Gasteiger partial charge is 0.243 e. The minimum Gasteiger partial charge on any atom is -0.349 e. The summed E-state index contributed by atoms with van der Waals surface area (Å²) in [5.74, 6) is 0.966. The van der Waals surface area contributed by atoms with Gasteiger partial charge in [-0.25, -0.2) is 4.68 Å². The average Bonchev–Trinajstić information content (AvgIpc) is 3.06. The molecule has 150 valence electrons. The van der Waals surface area contributed by atoms with E-state index in [0.29, 0.717) is 19.5 Å². The molecule has 0 spiro atoms. The van der Waals surface area contributed by atoms with E-state index in [1.807, 2.05) is 35.9 Å². The normalized spacial score (nSPS) is 24.2. The van der Waals surface area contributed by atoms with Gasteiger partial charge in [-0.05, 0) is 38.7 Å². The molecule has 0 bridgehead atoms. The molecule has 1 amide bonds. The maximum atomic E-state index is 13.0. The lowest BCUT2D eigenvalue weighted by molar-refractivity contribution is -0.123. The molecule has 28 heavy (non-hydrogen) atoms. The zero-order valence-corrected chi connectivity index (χ0v) is 17.5. The second-order valence-corrected chi connectivity index (χ2v) is 10.0. The Balaban J connectivity index is 1.63. The second-order valence-electron chi connectivity index (χ2n) is 8.36. The van der Waals surface area contributed by atoms with Gasteiger partial charge >= 0.3 is 0 Å². The van der Waals surface area contributed by atoms with E-state index in [2.05, 4.69) is 34.4 Å². The molecule has 1 saturated heterocycles. The number of hydrogen-bond acceptors (Lipinski definition) is 4. The van der Waals surface area contributed by atoms with Crippen molar-refractivity contribution in [3.8, 4) is 0 Å². The number of benzene rings is 1. The fourth-order valence-electron chi connectivity index (χ4n) is 3.87. The second kappa shape index (κ2) is 7.35. The monoisotopic (exact) mass is 400 g/mol. The van der Waals surface area contributed by atoms with Gasteiger partial charge in [-0.2, -0.15) is 5.10 Å². The highest BCUT2D eigenvalue weighted by Gasteiger charge is 2.45. The van der Waals surface area contributed by atoms with Crippen LogP contribution in [0.1, 0.15) is 37.4 Å². The lowest BCUT2D eigenvalue weighted by Gasteiger charge is -2.27. The fourth-order valence-corrected chi connectivity index (χ4v) is 4.69. The van der Waals surface area contributed by atoms with Crippen LogP contribution in [0.15, 0.2) is 36.4 Å². The number of nitrogens with zero attached hydrogens (tertiary/aromatic N) is 3. The first-order valence-electron chi connectivity index (χ1n) is 9.84. The Kier molecular flexibility index (Phi) is 5.04. The number of aromatic nitrogens is 2. The molecular weight excluding hydrogens is 372 g/mol. The maximum absolute atomic E-state index is 13.0. The van der Waals surface area contributed by atoms with Crippen LogP contribution in [0.25, 0.3) is 0 Å². The Hall–Kier alpha value is -2.15. The quantitative estimate of drug-likeness (QED) is 0.808. The molecule has 1 N–H and O–H groups in total. The number of hydrogen-bond donors (Lipinski definition) is 1. The molecule has 2 heterocycles. The summed E-state index contributed by atoms with van der Waals surface area (Å²) >= 11 is 0. The van der Waals surface area contributed by atoms with Crippen molar-refractivity contribution in [1.29, 1.82) is 0 Å². The van der Waals surface area contributed by atoms with Gasteiger partial charge in [0.1, 0.15) is 11.9 Å². The summed E-state index contributed by atoms with van der Waals surface area (Å²) in [5.41, 5.74) is 2.01. The van der Waals surface area contributed by atoms with Crippen LogP contribution in [0.3, 0.4) is 0 Å². The third-order valence-corrected chi connectivity index (χ3v) is 7.09. The molecule has 6 nitrogen and oxygen atoms in total. The molecule has 2 aromatic rings. The maximum Gasteiger partial charge on any atom is 0.243 e. The van der Waals surface area contributed by atoms with Crippen LogP contribution in [0, 0.1) is 6.92 Å². The van der Waals surface area contributed by atoms with Crippen molar-refractivity contribution in [2.24, 2.45) is 0 Å². The molecule has 2 aliphatic rings. The van der Waals surface area contributed by atoms with E-state index in [1.165, 1.54) is 0 Å². The number of anilines is 1. The zero-order chi connectivity index (χ0) is 19.9. The summed E-state index contributed by atoms with van der Waals surface area (Å²) in [5, 5.41) is 7.86. The molecule has 7 heteroatoms. The van der Waals surface area contributed by atoms with Gasteiger partial charge in [0.15, 0.2) is 0 Å². The minimum absolute atomic E-state index is 0.0110. The minimum atomic E-state index is -0.969. The highest BCUT2D eigenvalue weighted by atomic mass is 32.2. The molecule has 1 unspecified atom stereocenters. The van der Waals surface area contributed by atoms with Gasteiger partial charge in [0.25, 0.3) is 0 Å². The predicted octanol–water partition coefficient (Wildman–Crippen LogP) is 2.23. The largest absolute Gasteiger partial charge is 0.349 e. The van der Waals surface area contributed by atoms with Crippen molar-refractivity contribution in [2.45, 2.75) is 56.5 Å². The Bertz CT molecular complexity index is 891. The van der Waals surface area contributed by atoms with Crippen molar-refractivity contribution >= 4 is 22.5 Å². The summed E-state index contributed by atoms with van der Waals surface area (Å²) in [6.45, 7) is 5.31. The summed E-state index contributed by atoms with van der Waals surface area (Å²) in [7, 11) is -0.969. The van der Waals surface area contributed by atoms with Gasteiger partial charge in [-0.1, -0.05) is 30.3 Å². The number of nitrogens with one attached hydrogen (secondary N) is 1. The van der Waals surface area contributed by atoms with Crippen LogP contribution < -0.4 is 10.2 Å². The molecule has 1 aliphatic carbocycles. The van der Waals surface area contributed by atoms with E-state index in [-0.39, 0.29) is 22.7 Å². The van der Waals surface area contributed by atoms with Crippen LogP contribution in [0.2, 0.25) is 0 Å². The predicted molar refractivity (Wildman–Crippen MR) is 112 cm³/mol. The summed E-state index contributed by atoms with van der Waals surface area (Å²) in [6, 6.07) is 11.9. The molecule has 1 aromatic carbocycles. The molecule has 1 saturated carbocycles. The highest BCUT2D eigenvalue weighted by molar-refractivity contribution is 7.84. The van der Waals surface area contributed by atoms with Gasteiger partial charge in [0.05, 0.1) is 17.5 Å². The van der Waals surface area contributed by atoms with E-state index in [9.17, 15) is 9.00 Å². The lowest BCUT2D eigenvalue weighted by Crippen LogP contribution is -2.47. The van der Waals surface area contributed by atoms with Crippen molar-refractivity contribution in [1.82, 2.24) is 15.1 Å². The van der Waals surface area contributed by atoms with Crippen LogP contribution in [-0.2, 0) is 22.1 Å². The Morgan fingerprint density at radius 1 is 1.32 bits per heavy atom. The molecule has 1 aliphatic heterocycles. The average molecular weight is 401 g/mol. The van der Waals surface area contributed by atoms with Crippen molar-refractivity contribution in [3.05, 3.63) is 47.7 Å². The summed E-state index contributed by atoms with van der Waals surface area (Å²) in [4.78, 5) is 15.2. The zero-order valence-electron chi connectivity index (χ0n) is 16.7. The molecule has 2 fully saturated rings. The van der Waals surface area contributed by atoms with Crippen LogP contribution in [0.4, 0.5) is 5.82 Å². The number of aryl methyl sites for hydroxylation is 1. The molecule has 3 atom stereocenters. The van der Waals surface area contributed by atoms with E-state index in [0.717, 1.165) is 29.9 Å². The first kappa shape index (κ1) is 19.2. The van der Waals surface area contributed by atoms with E-state index >= 15 is 0 Å². The lowest BCUT2D eigenvalue weighted by atomic mass is 10.2. The van der Waals surface area contributed by atoms with E-state index in [1.54, 1.807) is 6.26 Å². The van der Waals surface area contributed by atoms with Crippen LogP contribution >= 0.6 is 0 Å². The molecule has 4 rings (SSSR count). The Labute approximate surface area is 168 Å². The third kappa shape index (κ3) is 3.99. The number of carbonyl (C=O) groups excluding carboxylic acids is 1. The highest BCUT2D eigenvalue weighted by Crippen LogP contribution is 2.36. The standard InChI is InChI=1S/C21H28N4O2S/c1-15-11-19(25(23-15)13-16-7-5-4-6-8-16)24-14-17(28(3)27)12-18(24)20(26)22-21(2)9-10-21/h4-8,11,17-18H,9-10,12-14H2,1-3H3,(H,22,26)/t17-,18+,28?/m1/s1. The SMILES string of the molecule is Cc1cc(N2C[C@H](S(C)=O)C[C@H]2C(=O)NC2(C)CC2)n(Cc2ccccc2)n1. The number of rotatable bonds is 6.